The minimum absolute atomic E-state index is 0.0410. The van der Waals surface area contributed by atoms with Crippen LogP contribution >= 0.6 is 11.8 Å². The van der Waals surface area contributed by atoms with Crippen LogP contribution in [0.5, 0.6) is 0 Å². The Morgan fingerprint density at radius 2 is 2.37 bits per heavy atom. The molecule has 0 aliphatic carbocycles. The number of nitrogens with one attached hydrogen (secondary N) is 2. The van der Waals surface area contributed by atoms with Crippen molar-refractivity contribution in [3.05, 3.63) is 36.1 Å². The van der Waals surface area contributed by atoms with Crippen molar-refractivity contribution in [1.29, 1.82) is 0 Å². The molecule has 1 aromatic heterocycles. The number of fused-ring (bicyclic) bond motifs is 1. The Balaban J connectivity index is 1.53. The van der Waals surface area contributed by atoms with Crippen LogP contribution in [0.3, 0.4) is 0 Å². The van der Waals surface area contributed by atoms with Crippen molar-refractivity contribution < 1.29 is 9.21 Å². The summed E-state index contributed by atoms with van der Waals surface area (Å²) in [6, 6.07) is 9.93. The molecule has 0 spiro atoms. The third-order valence-corrected chi connectivity index (χ3v) is 4.12. The van der Waals surface area contributed by atoms with E-state index in [4.69, 9.17) is 4.42 Å². The molecule has 5 heteroatoms. The van der Waals surface area contributed by atoms with Crippen molar-refractivity contribution in [2.45, 2.75) is 12.5 Å². The number of thioether (sulfide) groups is 1. The number of carbonyl (C=O) groups is 1. The van der Waals surface area contributed by atoms with Crippen LogP contribution in [0, 0.1) is 0 Å². The van der Waals surface area contributed by atoms with E-state index >= 15 is 0 Å². The van der Waals surface area contributed by atoms with Gasteiger partial charge in [0.1, 0.15) is 11.3 Å². The topological polar surface area (TPSA) is 54.3 Å². The zero-order chi connectivity index (χ0) is 13.1. The Labute approximate surface area is 115 Å². The second-order valence-corrected chi connectivity index (χ2v) is 5.59. The van der Waals surface area contributed by atoms with Crippen LogP contribution in [0.2, 0.25) is 0 Å². The summed E-state index contributed by atoms with van der Waals surface area (Å²) < 4.78 is 5.70. The molecule has 0 radical (unpaired) electrons. The van der Waals surface area contributed by atoms with Gasteiger partial charge in [-0.1, -0.05) is 18.2 Å². The van der Waals surface area contributed by atoms with Crippen LogP contribution in [-0.4, -0.2) is 30.1 Å². The maximum absolute atomic E-state index is 11.8. The summed E-state index contributed by atoms with van der Waals surface area (Å²) in [7, 11) is 0. The minimum atomic E-state index is -0.0410. The summed E-state index contributed by atoms with van der Waals surface area (Å²) in [5.41, 5.74) is 0.901. The van der Waals surface area contributed by atoms with Crippen molar-refractivity contribution in [3.8, 4) is 0 Å². The average Bonchev–Trinajstić information content (AvgIpc) is 3.07. The van der Waals surface area contributed by atoms with E-state index in [-0.39, 0.29) is 11.9 Å². The van der Waals surface area contributed by atoms with Crippen molar-refractivity contribution in [2.24, 2.45) is 0 Å². The molecule has 2 aromatic rings. The van der Waals surface area contributed by atoms with Gasteiger partial charge in [-0.05, 0) is 12.1 Å². The smallest absolute Gasteiger partial charge is 0.238 e. The van der Waals surface area contributed by atoms with Crippen LogP contribution in [0.4, 0.5) is 0 Å². The lowest BCUT2D eigenvalue weighted by Crippen LogP contribution is -2.42. The number of rotatable bonds is 4. The molecule has 4 nitrogen and oxygen atoms in total. The fraction of sp³-hybridized carbons (Fsp3) is 0.357. The molecule has 1 atom stereocenters. The largest absolute Gasteiger partial charge is 0.461 e. The van der Waals surface area contributed by atoms with Gasteiger partial charge in [0, 0.05) is 30.0 Å². The lowest BCUT2D eigenvalue weighted by atomic mass is 10.2. The van der Waals surface area contributed by atoms with E-state index in [2.05, 4.69) is 10.6 Å². The zero-order valence-corrected chi connectivity index (χ0v) is 11.3. The lowest BCUT2D eigenvalue weighted by molar-refractivity contribution is -0.122. The van der Waals surface area contributed by atoms with E-state index in [1.54, 1.807) is 11.8 Å². The van der Waals surface area contributed by atoms with Gasteiger partial charge in [-0.25, -0.2) is 0 Å². The number of benzene rings is 1. The van der Waals surface area contributed by atoms with Crippen molar-refractivity contribution in [3.63, 3.8) is 0 Å². The predicted octanol–water partition coefficient (Wildman–Crippen LogP) is 1.75. The average molecular weight is 276 g/mol. The lowest BCUT2D eigenvalue weighted by Gasteiger charge is -2.09. The van der Waals surface area contributed by atoms with Crippen LogP contribution in [-0.2, 0) is 11.2 Å². The second-order valence-electron chi connectivity index (χ2n) is 4.56. The number of hydrogen-bond donors (Lipinski definition) is 2. The van der Waals surface area contributed by atoms with Gasteiger partial charge < -0.3 is 9.73 Å². The van der Waals surface area contributed by atoms with Gasteiger partial charge in [0.2, 0.25) is 5.91 Å². The highest BCUT2D eigenvalue weighted by atomic mass is 32.2. The van der Waals surface area contributed by atoms with E-state index in [9.17, 15) is 4.79 Å². The van der Waals surface area contributed by atoms with Gasteiger partial charge in [0.25, 0.3) is 0 Å². The normalized spacial score (nSPS) is 18.8. The first-order valence-electron chi connectivity index (χ1n) is 6.39. The molecule has 1 amide bonds. The van der Waals surface area contributed by atoms with Gasteiger partial charge in [-0.15, -0.1) is 11.8 Å². The quantitative estimate of drug-likeness (QED) is 0.893. The first-order chi connectivity index (χ1) is 9.33. The number of carbonyl (C=O) groups excluding carboxylic acids is 1. The first-order valence-corrected chi connectivity index (χ1v) is 7.55. The van der Waals surface area contributed by atoms with Crippen LogP contribution in [0.1, 0.15) is 5.76 Å². The molecular formula is C14H16N2O2S. The minimum Gasteiger partial charge on any atom is -0.461 e. The van der Waals surface area contributed by atoms with Crippen LogP contribution < -0.4 is 10.6 Å². The molecule has 0 saturated carbocycles. The Bertz CT molecular complexity index is 543. The Morgan fingerprint density at radius 3 is 3.16 bits per heavy atom. The Kier molecular flexibility index (Phi) is 3.75. The van der Waals surface area contributed by atoms with Crippen molar-refractivity contribution >= 4 is 28.6 Å². The zero-order valence-electron chi connectivity index (χ0n) is 10.5. The molecular weight excluding hydrogens is 260 g/mol. The highest BCUT2D eigenvalue weighted by molar-refractivity contribution is 7.99. The number of hydrogen-bond acceptors (Lipinski definition) is 4. The molecule has 1 fully saturated rings. The third kappa shape index (κ3) is 2.93. The van der Waals surface area contributed by atoms with Crippen molar-refractivity contribution in [2.75, 3.05) is 18.2 Å². The second kappa shape index (κ2) is 5.67. The first kappa shape index (κ1) is 12.6. The third-order valence-electron chi connectivity index (χ3n) is 3.18. The summed E-state index contributed by atoms with van der Waals surface area (Å²) in [6.45, 7) is 0.613. The number of para-hydroxylation sites is 1. The summed E-state index contributed by atoms with van der Waals surface area (Å²) in [6.07, 6.45) is 0.723. The fourth-order valence-corrected chi connectivity index (χ4v) is 3.10. The summed E-state index contributed by atoms with van der Waals surface area (Å²) in [5, 5.41) is 7.21. The maximum Gasteiger partial charge on any atom is 0.238 e. The van der Waals surface area contributed by atoms with Crippen LogP contribution in [0.25, 0.3) is 11.0 Å². The van der Waals surface area contributed by atoms with E-state index in [0.29, 0.717) is 6.54 Å². The highest BCUT2D eigenvalue weighted by Crippen LogP contribution is 2.18. The van der Waals surface area contributed by atoms with Gasteiger partial charge in [0.15, 0.2) is 0 Å². The molecule has 3 rings (SSSR count). The molecule has 1 unspecified atom stereocenters. The summed E-state index contributed by atoms with van der Waals surface area (Å²) >= 11 is 1.75. The molecule has 1 aliphatic heterocycles. The van der Waals surface area contributed by atoms with Crippen molar-refractivity contribution in [1.82, 2.24) is 10.6 Å². The standard InChI is InChI=1S/C14H16N2O2S/c17-14(12-8-19-9-16-12)15-6-5-11-7-10-3-1-2-4-13(10)18-11/h1-4,7,12,16H,5-6,8-9H2,(H,15,17). The number of furan rings is 1. The molecule has 0 bridgehead atoms. The molecule has 2 heterocycles. The maximum atomic E-state index is 11.8. The summed E-state index contributed by atoms with van der Waals surface area (Å²) in [5.74, 6) is 2.72. The molecule has 1 saturated heterocycles. The highest BCUT2D eigenvalue weighted by Gasteiger charge is 2.21. The Hall–Kier alpha value is -1.46. The molecule has 19 heavy (non-hydrogen) atoms. The number of amides is 1. The summed E-state index contributed by atoms with van der Waals surface area (Å²) in [4.78, 5) is 11.8. The van der Waals surface area contributed by atoms with E-state index < -0.39 is 0 Å². The fourth-order valence-electron chi connectivity index (χ4n) is 2.16. The predicted molar refractivity (Wildman–Crippen MR) is 77.2 cm³/mol. The molecule has 1 aliphatic rings. The molecule has 1 aromatic carbocycles. The molecule has 100 valence electrons. The van der Waals surface area contributed by atoms with E-state index in [0.717, 1.165) is 34.8 Å². The van der Waals surface area contributed by atoms with Gasteiger partial charge >= 0.3 is 0 Å². The van der Waals surface area contributed by atoms with Gasteiger partial charge in [-0.2, -0.15) is 0 Å². The van der Waals surface area contributed by atoms with E-state index in [1.807, 2.05) is 30.3 Å². The molecule has 2 N–H and O–H groups in total. The van der Waals surface area contributed by atoms with Gasteiger partial charge in [-0.3, -0.25) is 10.1 Å². The monoisotopic (exact) mass is 276 g/mol. The SMILES string of the molecule is O=C(NCCc1cc2ccccc2o1)C1CSCN1. The Morgan fingerprint density at radius 1 is 1.47 bits per heavy atom. The van der Waals surface area contributed by atoms with E-state index in [1.165, 1.54) is 0 Å². The van der Waals surface area contributed by atoms with Gasteiger partial charge in [0.05, 0.1) is 6.04 Å². The van der Waals surface area contributed by atoms with Crippen LogP contribution in [0.15, 0.2) is 34.7 Å².